The highest BCUT2D eigenvalue weighted by Gasteiger charge is 2.20. The topological polar surface area (TPSA) is 77.0 Å². The predicted octanol–water partition coefficient (Wildman–Crippen LogP) is 1.43. The summed E-state index contributed by atoms with van der Waals surface area (Å²) in [6.07, 6.45) is 0.778. The minimum Gasteiger partial charge on any atom is -0.497 e. The summed E-state index contributed by atoms with van der Waals surface area (Å²) in [6, 6.07) is 7.08. The van der Waals surface area contributed by atoms with Crippen molar-refractivity contribution >= 4 is 5.91 Å². The van der Waals surface area contributed by atoms with Crippen LogP contribution in [0.15, 0.2) is 24.3 Å². The highest BCUT2D eigenvalue weighted by Crippen LogP contribution is 2.17. The first kappa shape index (κ1) is 17.7. The number of benzene rings is 1. The van der Waals surface area contributed by atoms with Crippen molar-refractivity contribution < 1.29 is 24.1 Å². The van der Waals surface area contributed by atoms with Crippen molar-refractivity contribution in [1.29, 1.82) is 0 Å². The Morgan fingerprint density at radius 3 is 2.78 bits per heavy atom. The number of carbonyl (C=O) groups is 1. The number of rotatable bonds is 8. The summed E-state index contributed by atoms with van der Waals surface area (Å²) in [7, 11) is 1.59. The van der Waals surface area contributed by atoms with Gasteiger partial charge in [0, 0.05) is 13.2 Å². The van der Waals surface area contributed by atoms with Crippen molar-refractivity contribution in [2.45, 2.75) is 38.1 Å². The number of amides is 1. The lowest BCUT2D eigenvalue weighted by atomic mass is 10.1. The molecule has 1 aromatic rings. The number of aliphatic hydroxyl groups is 1. The molecule has 1 heterocycles. The molecule has 2 N–H and O–H groups in total. The third-order valence-electron chi connectivity index (χ3n) is 3.90. The van der Waals surface area contributed by atoms with Crippen LogP contribution in [-0.4, -0.2) is 50.1 Å². The lowest BCUT2D eigenvalue weighted by Crippen LogP contribution is -2.38. The van der Waals surface area contributed by atoms with Crippen molar-refractivity contribution in [2.24, 2.45) is 0 Å². The average Bonchev–Trinajstić information content (AvgIpc) is 3.10. The minimum atomic E-state index is -0.768. The summed E-state index contributed by atoms with van der Waals surface area (Å²) in [5.41, 5.74) is 0.721. The van der Waals surface area contributed by atoms with E-state index >= 15 is 0 Å². The van der Waals surface area contributed by atoms with E-state index in [9.17, 15) is 9.90 Å². The van der Waals surface area contributed by atoms with Gasteiger partial charge in [-0.2, -0.15) is 0 Å². The molecule has 0 aliphatic carbocycles. The van der Waals surface area contributed by atoms with E-state index in [2.05, 4.69) is 5.32 Å². The molecule has 6 nitrogen and oxygen atoms in total. The van der Waals surface area contributed by atoms with Crippen molar-refractivity contribution in [1.82, 2.24) is 5.32 Å². The molecule has 1 amide bonds. The Labute approximate surface area is 136 Å². The molecule has 0 spiro atoms. The van der Waals surface area contributed by atoms with Gasteiger partial charge in [-0.3, -0.25) is 4.79 Å². The fraction of sp³-hybridized carbons (Fsp3) is 0.588. The van der Waals surface area contributed by atoms with Gasteiger partial charge in [0.05, 0.1) is 25.9 Å². The normalized spacial score (nSPS) is 20.0. The second-order valence-electron chi connectivity index (χ2n) is 5.64. The second kappa shape index (κ2) is 8.86. The fourth-order valence-corrected chi connectivity index (χ4v) is 2.39. The summed E-state index contributed by atoms with van der Waals surface area (Å²) in [5.74, 6) is 0.483. The molecular formula is C17H25NO5. The zero-order valence-corrected chi connectivity index (χ0v) is 13.7. The summed E-state index contributed by atoms with van der Waals surface area (Å²) in [5, 5.41) is 12.8. The van der Waals surface area contributed by atoms with Crippen molar-refractivity contribution in [3.05, 3.63) is 29.8 Å². The van der Waals surface area contributed by atoms with Crippen LogP contribution >= 0.6 is 0 Å². The van der Waals surface area contributed by atoms with E-state index in [1.165, 1.54) is 0 Å². The highest BCUT2D eigenvalue weighted by molar-refractivity contribution is 5.80. The fourth-order valence-electron chi connectivity index (χ4n) is 2.39. The van der Waals surface area contributed by atoms with Crippen LogP contribution in [0.2, 0.25) is 0 Å². The summed E-state index contributed by atoms with van der Waals surface area (Å²) < 4.78 is 16.0. The van der Waals surface area contributed by atoms with Crippen LogP contribution in [0.3, 0.4) is 0 Å². The maximum atomic E-state index is 12.0. The van der Waals surface area contributed by atoms with Crippen LogP contribution in [0.25, 0.3) is 0 Å². The molecule has 0 bridgehead atoms. The first-order chi connectivity index (χ1) is 11.1. The number of ether oxygens (including phenoxy) is 3. The Morgan fingerprint density at radius 1 is 1.43 bits per heavy atom. The van der Waals surface area contributed by atoms with Crippen LogP contribution in [0.4, 0.5) is 0 Å². The molecule has 1 aliphatic heterocycles. The second-order valence-corrected chi connectivity index (χ2v) is 5.64. The van der Waals surface area contributed by atoms with Crippen molar-refractivity contribution in [3.8, 4) is 5.75 Å². The Balaban J connectivity index is 1.71. The van der Waals surface area contributed by atoms with Crippen molar-refractivity contribution in [3.63, 3.8) is 0 Å². The van der Waals surface area contributed by atoms with E-state index in [0.717, 1.165) is 30.8 Å². The van der Waals surface area contributed by atoms with Gasteiger partial charge in [0.25, 0.3) is 0 Å². The molecule has 0 saturated carbocycles. The lowest BCUT2D eigenvalue weighted by molar-refractivity contribution is -0.134. The third-order valence-corrected chi connectivity index (χ3v) is 3.90. The molecule has 3 atom stereocenters. The van der Waals surface area contributed by atoms with Crippen molar-refractivity contribution in [2.75, 3.05) is 26.9 Å². The lowest BCUT2D eigenvalue weighted by Gasteiger charge is -2.18. The standard InChI is InChI=1S/C17H25NO5/c1-12(23-11-15-4-3-9-22-15)17(20)18-10-16(19)13-5-7-14(21-2)8-6-13/h5-8,12,15-16,19H,3-4,9-11H2,1-2H3,(H,18,20). The molecule has 6 heteroatoms. The first-order valence-electron chi connectivity index (χ1n) is 7.93. The van der Waals surface area contributed by atoms with Gasteiger partial charge in [-0.15, -0.1) is 0 Å². The first-order valence-corrected chi connectivity index (χ1v) is 7.93. The van der Waals surface area contributed by atoms with Gasteiger partial charge in [0.2, 0.25) is 5.91 Å². The Kier molecular flexibility index (Phi) is 6.83. The molecule has 128 valence electrons. The minimum absolute atomic E-state index is 0.0927. The largest absolute Gasteiger partial charge is 0.497 e. The van der Waals surface area contributed by atoms with Gasteiger partial charge >= 0.3 is 0 Å². The van der Waals surface area contributed by atoms with Gasteiger partial charge < -0.3 is 24.6 Å². The number of hydrogen-bond acceptors (Lipinski definition) is 5. The Morgan fingerprint density at radius 2 is 2.17 bits per heavy atom. The summed E-state index contributed by atoms with van der Waals surface area (Å²) in [4.78, 5) is 12.0. The van der Waals surface area contributed by atoms with Gasteiger partial charge in [0.1, 0.15) is 11.9 Å². The van der Waals surface area contributed by atoms with Crippen LogP contribution in [0.5, 0.6) is 5.75 Å². The molecule has 1 aliphatic rings. The average molecular weight is 323 g/mol. The summed E-state index contributed by atoms with van der Waals surface area (Å²) >= 11 is 0. The SMILES string of the molecule is COc1ccc(C(O)CNC(=O)C(C)OCC2CCCO2)cc1. The van der Waals surface area contributed by atoms with Gasteiger partial charge in [-0.25, -0.2) is 0 Å². The third kappa shape index (κ3) is 5.49. The van der Waals surface area contributed by atoms with Crippen LogP contribution < -0.4 is 10.1 Å². The molecule has 0 radical (unpaired) electrons. The maximum absolute atomic E-state index is 12.0. The monoisotopic (exact) mass is 323 g/mol. The molecule has 1 aromatic carbocycles. The molecule has 1 saturated heterocycles. The van der Waals surface area contributed by atoms with E-state index in [4.69, 9.17) is 14.2 Å². The zero-order chi connectivity index (χ0) is 16.7. The molecule has 3 unspecified atom stereocenters. The van der Waals surface area contributed by atoms with E-state index in [0.29, 0.717) is 6.61 Å². The molecule has 0 aromatic heterocycles. The Bertz CT molecular complexity index is 484. The number of methoxy groups -OCH3 is 1. The smallest absolute Gasteiger partial charge is 0.248 e. The maximum Gasteiger partial charge on any atom is 0.248 e. The predicted molar refractivity (Wildman–Crippen MR) is 85.4 cm³/mol. The molecule has 23 heavy (non-hydrogen) atoms. The van der Waals surface area contributed by atoms with E-state index in [-0.39, 0.29) is 18.6 Å². The van der Waals surface area contributed by atoms with Gasteiger partial charge in [-0.1, -0.05) is 12.1 Å². The Hall–Kier alpha value is -1.63. The highest BCUT2D eigenvalue weighted by atomic mass is 16.5. The van der Waals surface area contributed by atoms with Gasteiger partial charge in [-0.05, 0) is 37.5 Å². The van der Waals surface area contributed by atoms with E-state index in [1.54, 1.807) is 38.3 Å². The number of nitrogens with one attached hydrogen (secondary N) is 1. The number of aliphatic hydroxyl groups excluding tert-OH is 1. The van der Waals surface area contributed by atoms with Gasteiger partial charge in [0.15, 0.2) is 0 Å². The number of hydrogen-bond donors (Lipinski definition) is 2. The molecular weight excluding hydrogens is 298 g/mol. The zero-order valence-electron chi connectivity index (χ0n) is 13.7. The van der Waals surface area contributed by atoms with Crippen LogP contribution in [-0.2, 0) is 14.3 Å². The van der Waals surface area contributed by atoms with E-state index in [1.807, 2.05) is 0 Å². The quantitative estimate of drug-likeness (QED) is 0.757. The summed E-state index contributed by atoms with van der Waals surface area (Å²) in [6.45, 7) is 3.03. The molecule has 2 rings (SSSR count). The van der Waals surface area contributed by atoms with E-state index < -0.39 is 12.2 Å². The molecule has 1 fully saturated rings. The van der Waals surface area contributed by atoms with Crippen LogP contribution in [0, 0.1) is 0 Å². The number of carbonyl (C=O) groups excluding carboxylic acids is 1. The van der Waals surface area contributed by atoms with Crippen LogP contribution in [0.1, 0.15) is 31.4 Å².